The van der Waals surface area contributed by atoms with Crippen LogP contribution < -0.4 is 5.73 Å². The molecule has 0 radical (unpaired) electrons. The number of benzene rings is 1. The van der Waals surface area contributed by atoms with Crippen molar-refractivity contribution in [2.45, 2.75) is 13.0 Å². The fourth-order valence-electron chi connectivity index (χ4n) is 0.899. The Labute approximate surface area is 81.1 Å². The van der Waals surface area contributed by atoms with Crippen LogP contribution in [0.25, 0.3) is 0 Å². The quantitative estimate of drug-likeness (QED) is 0.728. The van der Waals surface area contributed by atoms with Gasteiger partial charge in [-0.25, -0.2) is 0 Å². The second-order valence-corrected chi connectivity index (χ2v) is 3.51. The Hall–Kier alpha value is -0.780. The number of halogens is 1. The zero-order chi connectivity index (χ0) is 9.14. The highest BCUT2D eigenvalue weighted by Gasteiger charge is 2.02. The first-order valence-electron chi connectivity index (χ1n) is 3.63. The lowest BCUT2D eigenvalue weighted by molar-refractivity contribution is 0.943. The predicted molar refractivity (Wildman–Crippen MR) is 54.6 cm³/mol. The zero-order valence-corrected chi connectivity index (χ0v) is 8.43. The van der Waals surface area contributed by atoms with E-state index in [2.05, 4.69) is 21.9 Å². The van der Waals surface area contributed by atoms with E-state index in [4.69, 9.17) is 12.2 Å². The molecule has 0 saturated carbocycles. The number of terminal acetylenes is 1. The molecule has 0 spiro atoms. The lowest BCUT2D eigenvalue weighted by atomic mass is 10.1. The van der Waals surface area contributed by atoms with E-state index in [0.29, 0.717) is 0 Å². The van der Waals surface area contributed by atoms with Gasteiger partial charge in [0.2, 0.25) is 0 Å². The molecule has 12 heavy (non-hydrogen) atoms. The number of rotatable bonds is 1. The number of nitrogens with two attached hydrogens (primary N) is 1. The molecule has 0 fully saturated rings. The molecule has 0 aromatic heterocycles. The van der Waals surface area contributed by atoms with Crippen LogP contribution in [0.5, 0.6) is 0 Å². The van der Waals surface area contributed by atoms with E-state index in [1.54, 1.807) is 0 Å². The summed E-state index contributed by atoms with van der Waals surface area (Å²) in [6, 6.07) is 5.60. The van der Waals surface area contributed by atoms with Crippen LogP contribution >= 0.6 is 15.9 Å². The van der Waals surface area contributed by atoms with E-state index in [1.165, 1.54) is 5.56 Å². The van der Waals surface area contributed by atoms with Gasteiger partial charge in [-0.3, -0.25) is 0 Å². The average molecular weight is 224 g/mol. The van der Waals surface area contributed by atoms with Gasteiger partial charge in [-0.15, -0.1) is 6.42 Å². The molecule has 0 heterocycles. The molecule has 0 aliphatic carbocycles. The minimum Gasteiger partial charge on any atom is -0.314 e. The molecule has 1 aromatic rings. The van der Waals surface area contributed by atoms with E-state index in [0.717, 1.165) is 10.0 Å². The summed E-state index contributed by atoms with van der Waals surface area (Å²) in [6.07, 6.45) is 5.20. The van der Waals surface area contributed by atoms with Gasteiger partial charge >= 0.3 is 0 Å². The molecule has 1 atom stereocenters. The van der Waals surface area contributed by atoms with E-state index in [-0.39, 0.29) is 6.04 Å². The van der Waals surface area contributed by atoms with Crippen molar-refractivity contribution in [2.24, 2.45) is 5.73 Å². The normalized spacial score (nSPS) is 12.2. The van der Waals surface area contributed by atoms with Gasteiger partial charge in [0, 0.05) is 4.47 Å². The highest BCUT2D eigenvalue weighted by molar-refractivity contribution is 9.10. The van der Waals surface area contributed by atoms with Crippen molar-refractivity contribution in [2.75, 3.05) is 0 Å². The van der Waals surface area contributed by atoms with Gasteiger partial charge in [0.25, 0.3) is 0 Å². The maximum absolute atomic E-state index is 5.66. The molecule has 2 heteroatoms. The summed E-state index contributed by atoms with van der Waals surface area (Å²) in [7, 11) is 0. The van der Waals surface area contributed by atoms with E-state index in [9.17, 15) is 0 Å². The Morgan fingerprint density at radius 1 is 1.58 bits per heavy atom. The van der Waals surface area contributed by atoms with Gasteiger partial charge in [-0.1, -0.05) is 34.0 Å². The van der Waals surface area contributed by atoms with Crippen LogP contribution in [0.1, 0.15) is 17.2 Å². The van der Waals surface area contributed by atoms with Crippen molar-refractivity contribution in [1.29, 1.82) is 0 Å². The van der Waals surface area contributed by atoms with E-state index < -0.39 is 0 Å². The zero-order valence-electron chi connectivity index (χ0n) is 6.84. The lowest BCUT2D eigenvalue weighted by Gasteiger charge is -2.06. The number of aryl methyl sites for hydroxylation is 1. The predicted octanol–water partition coefficient (Wildman–Crippen LogP) is 2.39. The van der Waals surface area contributed by atoms with Crippen LogP contribution in [-0.4, -0.2) is 0 Å². The topological polar surface area (TPSA) is 26.0 Å². The second kappa shape index (κ2) is 3.75. The molecule has 0 aliphatic heterocycles. The SMILES string of the molecule is C#CC(N)c1ccc(C)c(Br)c1. The monoisotopic (exact) mass is 223 g/mol. The van der Waals surface area contributed by atoms with Crippen molar-refractivity contribution in [1.82, 2.24) is 0 Å². The molecule has 1 rings (SSSR count). The molecular weight excluding hydrogens is 214 g/mol. The van der Waals surface area contributed by atoms with Gasteiger partial charge in [0.05, 0.1) is 6.04 Å². The standard InChI is InChI=1S/C10H10BrN/c1-3-10(12)8-5-4-7(2)9(11)6-8/h1,4-6,10H,12H2,2H3. The molecule has 1 nitrogen and oxygen atoms in total. The molecule has 2 N–H and O–H groups in total. The summed E-state index contributed by atoms with van der Waals surface area (Å²) in [5.41, 5.74) is 7.81. The summed E-state index contributed by atoms with van der Waals surface area (Å²) in [5, 5.41) is 0. The van der Waals surface area contributed by atoms with Gasteiger partial charge in [-0.05, 0) is 24.1 Å². The fourth-order valence-corrected chi connectivity index (χ4v) is 1.30. The first kappa shape index (κ1) is 9.31. The van der Waals surface area contributed by atoms with Crippen molar-refractivity contribution >= 4 is 15.9 Å². The summed E-state index contributed by atoms with van der Waals surface area (Å²) >= 11 is 3.42. The van der Waals surface area contributed by atoms with Gasteiger partial charge in [0.1, 0.15) is 0 Å². The third-order valence-electron chi connectivity index (χ3n) is 1.73. The van der Waals surface area contributed by atoms with Gasteiger partial charge in [-0.2, -0.15) is 0 Å². The maximum Gasteiger partial charge on any atom is 0.0918 e. The van der Waals surface area contributed by atoms with Crippen LogP contribution in [0.2, 0.25) is 0 Å². The third kappa shape index (κ3) is 1.88. The molecule has 0 saturated heterocycles. The van der Waals surface area contributed by atoms with Gasteiger partial charge in [0.15, 0.2) is 0 Å². The maximum atomic E-state index is 5.66. The van der Waals surface area contributed by atoms with Crippen LogP contribution in [0.3, 0.4) is 0 Å². The van der Waals surface area contributed by atoms with Crippen molar-refractivity contribution in [3.05, 3.63) is 33.8 Å². The third-order valence-corrected chi connectivity index (χ3v) is 2.59. The van der Waals surface area contributed by atoms with Crippen LogP contribution in [0, 0.1) is 19.3 Å². The molecular formula is C10H10BrN. The van der Waals surface area contributed by atoms with Gasteiger partial charge < -0.3 is 5.73 Å². The molecule has 1 unspecified atom stereocenters. The summed E-state index contributed by atoms with van der Waals surface area (Å²) in [4.78, 5) is 0. The highest BCUT2D eigenvalue weighted by atomic mass is 79.9. The smallest absolute Gasteiger partial charge is 0.0918 e. The van der Waals surface area contributed by atoms with Crippen molar-refractivity contribution in [3.8, 4) is 12.3 Å². The van der Waals surface area contributed by atoms with Crippen molar-refractivity contribution in [3.63, 3.8) is 0 Å². The molecule has 0 bridgehead atoms. The number of hydrogen-bond acceptors (Lipinski definition) is 1. The number of hydrogen-bond donors (Lipinski definition) is 1. The Bertz CT molecular complexity index is 325. The summed E-state index contributed by atoms with van der Waals surface area (Å²) in [6.45, 7) is 2.02. The first-order valence-corrected chi connectivity index (χ1v) is 4.42. The van der Waals surface area contributed by atoms with E-state index >= 15 is 0 Å². The summed E-state index contributed by atoms with van der Waals surface area (Å²) in [5.74, 6) is 2.48. The van der Waals surface area contributed by atoms with Crippen LogP contribution in [0.15, 0.2) is 22.7 Å². The Morgan fingerprint density at radius 3 is 2.75 bits per heavy atom. The Balaban J connectivity index is 3.06. The fraction of sp³-hybridized carbons (Fsp3) is 0.200. The van der Waals surface area contributed by atoms with E-state index in [1.807, 2.05) is 25.1 Å². The summed E-state index contributed by atoms with van der Waals surface area (Å²) < 4.78 is 1.05. The molecule has 1 aromatic carbocycles. The molecule has 62 valence electrons. The molecule has 0 amide bonds. The Morgan fingerprint density at radius 2 is 2.25 bits per heavy atom. The highest BCUT2D eigenvalue weighted by Crippen LogP contribution is 2.20. The average Bonchev–Trinajstić information content (AvgIpc) is 2.08. The second-order valence-electron chi connectivity index (χ2n) is 2.65. The first-order chi connectivity index (χ1) is 5.65. The Kier molecular flexibility index (Phi) is 2.91. The minimum atomic E-state index is -0.304. The molecule has 0 aliphatic rings. The van der Waals surface area contributed by atoms with Crippen molar-refractivity contribution < 1.29 is 0 Å². The van der Waals surface area contributed by atoms with Crippen LogP contribution in [0.4, 0.5) is 0 Å². The lowest BCUT2D eigenvalue weighted by Crippen LogP contribution is -2.06. The largest absolute Gasteiger partial charge is 0.314 e. The minimum absolute atomic E-state index is 0.304. The van der Waals surface area contributed by atoms with Crippen LogP contribution in [-0.2, 0) is 0 Å².